The summed E-state index contributed by atoms with van der Waals surface area (Å²) >= 11 is 11.8. The molecule has 0 atom stereocenters. The molecular formula is C15H8Cl2O5. The molecule has 0 fully saturated rings. The van der Waals surface area contributed by atoms with Gasteiger partial charge in [0.25, 0.3) is 0 Å². The lowest BCUT2D eigenvalue weighted by molar-refractivity contribution is 0.370. The Morgan fingerprint density at radius 1 is 0.909 bits per heavy atom. The van der Waals surface area contributed by atoms with E-state index in [0.717, 1.165) is 12.1 Å². The zero-order valence-corrected chi connectivity index (χ0v) is 12.3. The summed E-state index contributed by atoms with van der Waals surface area (Å²) in [5, 5.41) is 29.2. The SMILES string of the molecule is O=c1cc(-c2ccc(Cl)c(Cl)c2)oc2cc(O)c(O)c(O)c12. The number of phenolic OH excluding ortho intramolecular Hbond substituents is 3. The predicted octanol–water partition coefficient (Wildman–Crippen LogP) is 3.88. The fourth-order valence-corrected chi connectivity index (χ4v) is 2.37. The van der Waals surface area contributed by atoms with E-state index in [0.29, 0.717) is 15.6 Å². The first-order chi connectivity index (χ1) is 10.4. The second kappa shape index (κ2) is 5.12. The lowest BCUT2D eigenvalue weighted by Crippen LogP contribution is -2.01. The molecule has 112 valence electrons. The molecule has 0 bridgehead atoms. The predicted molar refractivity (Wildman–Crippen MR) is 82.9 cm³/mol. The van der Waals surface area contributed by atoms with Crippen molar-refractivity contribution in [3.63, 3.8) is 0 Å². The molecular weight excluding hydrogens is 331 g/mol. The minimum absolute atomic E-state index is 0.0682. The van der Waals surface area contributed by atoms with Gasteiger partial charge in [0.1, 0.15) is 16.7 Å². The molecule has 1 heterocycles. The lowest BCUT2D eigenvalue weighted by atomic mass is 10.1. The van der Waals surface area contributed by atoms with Crippen LogP contribution in [0.2, 0.25) is 10.0 Å². The Labute approximate surface area is 133 Å². The van der Waals surface area contributed by atoms with Crippen LogP contribution in [0.3, 0.4) is 0 Å². The maximum atomic E-state index is 12.1. The van der Waals surface area contributed by atoms with Gasteiger partial charge in [0.2, 0.25) is 5.75 Å². The number of rotatable bonds is 1. The smallest absolute Gasteiger partial charge is 0.201 e. The van der Waals surface area contributed by atoms with Crippen LogP contribution in [0.4, 0.5) is 0 Å². The second-order valence-electron chi connectivity index (χ2n) is 4.57. The van der Waals surface area contributed by atoms with Crippen LogP contribution < -0.4 is 5.43 Å². The average Bonchev–Trinajstić information content (AvgIpc) is 2.47. The van der Waals surface area contributed by atoms with E-state index in [4.69, 9.17) is 27.6 Å². The van der Waals surface area contributed by atoms with Crippen LogP contribution in [0.1, 0.15) is 0 Å². The maximum Gasteiger partial charge on any atom is 0.201 e. The molecule has 3 N–H and O–H groups in total. The van der Waals surface area contributed by atoms with Crippen LogP contribution in [0.5, 0.6) is 17.2 Å². The summed E-state index contributed by atoms with van der Waals surface area (Å²) in [4.78, 5) is 12.1. The van der Waals surface area contributed by atoms with Gasteiger partial charge in [-0.1, -0.05) is 23.2 Å². The summed E-state index contributed by atoms with van der Waals surface area (Å²) in [5.74, 6) is -1.92. The van der Waals surface area contributed by atoms with E-state index in [1.54, 1.807) is 12.1 Å². The summed E-state index contributed by atoms with van der Waals surface area (Å²) in [6, 6.07) is 6.88. The van der Waals surface area contributed by atoms with Crippen LogP contribution in [-0.4, -0.2) is 15.3 Å². The van der Waals surface area contributed by atoms with E-state index in [1.807, 2.05) is 0 Å². The van der Waals surface area contributed by atoms with E-state index >= 15 is 0 Å². The molecule has 2 aromatic carbocycles. The van der Waals surface area contributed by atoms with Crippen molar-refractivity contribution >= 4 is 34.2 Å². The van der Waals surface area contributed by atoms with Crippen LogP contribution >= 0.6 is 23.2 Å². The monoisotopic (exact) mass is 338 g/mol. The van der Waals surface area contributed by atoms with Gasteiger partial charge in [-0.15, -0.1) is 0 Å². The second-order valence-corrected chi connectivity index (χ2v) is 5.38. The van der Waals surface area contributed by atoms with E-state index in [1.165, 1.54) is 6.07 Å². The fraction of sp³-hybridized carbons (Fsp3) is 0. The first kappa shape index (κ1) is 14.6. The number of phenols is 3. The first-order valence-electron chi connectivity index (χ1n) is 6.05. The molecule has 0 saturated heterocycles. The zero-order valence-electron chi connectivity index (χ0n) is 10.8. The minimum Gasteiger partial charge on any atom is -0.504 e. The summed E-state index contributed by atoms with van der Waals surface area (Å²) in [6.07, 6.45) is 0. The van der Waals surface area contributed by atoms with Crippen LogP contribution in [-0.2, 0) is 0 Å². The van der Waals surface area contributed by atoms with Crippen LogP contribution in [0.25, 0.3) is 22.3 Å². The third-order valence-electron chi connectivity index (χ3n) is 3.15. The van der Waals surface area contributed by atoms with Crippen molar-refractivity contribution in [1.82, 2.24) is 0 Å². The largest absolute Gasteiger partial charge is 0.504 e. The summed E-state index contributed by atoms with van der Waals surface area (Å²) in [5.41, 5.74) is -0.142. The third-order valence-corrected chi connectivity index (χ3v) is 3.89. The Kier molecular flexibility index (Phi) is 3.39. The molecule has 3 rings (SSSR count). The van der Waals surface area contributed by atoms with Crippen molar-refractivity contribution in [3.05, 3.63) is 50.6 Å². The quantitative estimate of drug-likeness (QED) is 0.585. The number of aromatic hydroxyl groups is 3. The number of halogens is 2. The average molecular weight is 339 g/mol. The van der Waals surface area contributed by atoms with Crippen molar-refractivity contribution in [1.29, 1.82) is 0 Å². The molecule has 0 aliphatic carbocycles. The number of fused-ring (bicyclic) bond motifs is 1. The Morgan fingerprint density at radius 3 is 2.32 bits per heavy atom. The van der Waals surface area contributed by atoms with Crippen LogP contribution in [0, 0.1) is 0 Å². The molecule has 0 aliphatic rings. The van der Waals surface area contributed by atoms with Gasteiger partial charge in [-0.25, -0.2) is 0 Å². The molecule has 7 heteroatoms. The topological polar surface area (TPSA) is 90.9 Å². The Bertz CT molecular complexity index is 962. The third kappa shape index (κ3) is 2.24. The van der Waals surface area contributed by atoms with Crippen molar-refractivity contribution in [3.8, 4) is 28.6 Å². The summed E-state index contributed by atoms with van der Waals surface area (Å²) < 4.78 is 5.51. The van der Waals surface area contributed by atoms with Gasteiger partial charge >= 0.3 is 0 Å². The summed E-state index contributed by atoms with van der Waals surface area (Å²) in [6.45, 7) is 0. The van der Waals surface area contributed by atoms with Crippen LogP contribution in [0.15, 0.2) is 39.5 Å². The van der Waals surface area contributed by atoms with Gasteiger partial charge in [0.05, 0.1) is 10.0 Å². The van der Waals surface area contributed by atoms with Crippen molar-refractivity contribution in [2.24, 2.45) is 0 Å². The van der Waals surface area contributed by atoms with E-state index < -0.39 is 22.7 Å². The zero-order chi connectivity index (χ0) is 16.0. The highest BCUT2D eigenvalue weighted by Gasteiger charge is 2.17. The summed E-state index contributed by atoms with van der Waals surface area (Å²) in [7, 11) is 0. The van der Waals surface area contributed by atoms with E-state index in [-0.39, 0.29) is 16.7 Å². The van der Waals surface area contributed by atoms with E-state index in [9.17, 15) is 20.1 Å². The molecule has 0 amide bonds. The van der Waals surface area contributed by atoms with Gasteiger partial charge in [0.15, 0.2) is 16.9 Å². The first-order valence-corrected chi connectivity index (χ1v) is 6.81. The van der Waals surface area contributed by atoms with Gasteiger partial charge in [0, 0.05) is 17.7 Å². The van der Waals surface area contributed by atoms with Crippen molar-refractivity contribution < 1.29 is 19.7 Å². The molecule has 22 heavy (non-hydrogen) atoms. The molecule has 5 nitrogen and oxygen atoms in total. The number of hydrogen-bond donors (Lipinski definition) is 3. The Morgan fingerprint density at radius 2 is 1.64 bits per heavy atom. The normalized spacial score (nSPS) is 11.0. The number of benzene rings is 2. The van der Waals surface area contributed by atoms with Gasteiger partial charge in [-0.2, -0.15) is 0 Å². The maximum absolute atomic E-state index is 12.1. The minimum atomic E-state index is -0.776. The number of hydrogen-bond acceptors (Lipinski definition) is 5. The van der Waals surface area contributed by atoms with Crippen molar-refractivity contribution in [2.75, 3.05) is 0 Å². The van der Waals surface area contributed by atoms with Gasteiger partial charge < -0.3 is 19.7 Å². The lowest BCUT2D eigenvalue weighted by Gasteiger charge is -2.07. The van der Waals surface area contributed by atoms with Crippen molar-refractivity contribution in [2.45, 2.75) is 0 Å². The Balaban J connectivity index is 2.31. The highest BCUT2D eigenvalue weighted by Crippen LogP contribution is 2.40. The standard InChI is InChI=1S/C15H8Cl2O5/c16-7-2-1-6(3-8(7)17)11-4-9(18)13-12(22-11)5-10(19)14(20)15(13)21/h1-5,19-21H. The molecule has 0 aliphatic heterocycles. The molecule has 0 spiro atoms. The highest BCUT2D eigenvalue weighted by atomic mass is 35.5. The fourth-order valence-electron chi connectivity index (χ4n) is 2.07. The highest BCUT2D eigenvalue weighted by molar-refractivity contribution is 6.42. The van der Waals surface area contributed by atoms with Gasteiger partial charge in [-0.05, 0) is 18.2 Å². The molecule has 3 aromatic rings. The molecule has 1 aromatic heterocycles. The Hall–Kier alpha value is -2.37. The molecule has 0 radical (unpaired) electrons. The van der Waals surface area contributed by atoms with Gasteiger partial charge in [-0.3, -0.25) is 4.79 Å². The molecule has 0 unspecified atom stereocenters. The molecule has 0 saturated carbocycles. The van der Waals surface area contributed by atoms with E-state index in [2.05, 4.69) is 0 Å².